The van der Waals surface area contributed by atoms with Gasteiger partial charge in [0.1, 0.15) is 11.5 Å². The smallest absolute Gasteiger partial charge is 0.133 e. The van der Waals surface area contributed by atoms with Gasteiger partial charge in [-0.2, -0.15) is 0 Å². The van der Waals surface area contributed by atoms with Gasteiger partial charge in [-0.15, -0.1) is 0 Å². The van der Waals surface area contributed by atoms with Crippen molar-refractivity contribution >= 4 is 0 Å². The van der Waals surface area contributed by atoms with Crippen molar-refractivity contribution in [3.63, 3.8) is 0 Å². The number of furan rings is 1. The standard InChI is InChI=1S/C14H14O2/c1-14(2)9-16-13-8-10(5-6-11(13)14)12-4-3-7-15-12/h3-8H,9H2,1-2H3. The van der Waals surface area contributed by atoms with Crippen LogP contribution in [0.25, 0.3) is 11.3 Å². The minimum atomic E-state index is 0.122. The van der Waals surface area contributed by atoms with Crippen molar-refractivity contribution in [1.29, 1.82) is 0 Å². The van der Waals surface area contributed by atoms with Gasteiger partial charge in [-0.25, -0.2) is 0 Å². The zero-order valence-electron chi connectivity index (χ0n) is 9.49. The van der Waals surface area contributed by atoms with Gasteiger partial charge in [0.25, 0.3) is 0 Å². The SMILES string of the molecule is CC1(C)COc2cc(-c3ccco3)ccc21. The Kier molecular flexibility index (Phi) is 1.87. The number of rotatable bonds is 1. The highest BCUT2D eigenvalue weighted by atomic mass is 16.5. The molecule has 2 heteroatoms. The van der Waals surface area contributed by atoms with Crippen molar-refractivity contribution in [3.05, 3.63) is 42.2 Å². The molecule has 1 aliphatic rings. The third-order valence-electron chi connectivity index (χ3n) is 3.10. The molecule has 1 aromatic carbocycles. The normalized spacial score (nSPS) is 16.9. The van der Waals surface area contributed by atoms with E-state index in [2.05, 4.69) is 32.0 Å². The van der Waals surface area contributed by atoms with Crippen LogP contribution in [0.3, 0.4) is 0 Å². The molecule has 0 saturated carbocycles. The van der Waals surface area contributed by atoms with E-state index < -0.39 is 0 Å². The van der Waals surface area contributed by atoms with E-state index in [0.29, 0.717) is 0 Å². The maximum Gasteiger partial charge on any atom is 0.133 e. The predicted molar refractivity (Wildman–Crippen MR) is 62.7 cm³/mol. The average Bonchev–Trinajstić information content (AvgIpc) is 2.87. The lowest BCUT2D eigenvalue weighted by Gasteiger charge is -2.14. The van der Waals surface area contributed by atoms with Gasteiger partial charge in [0.2, 0.25) is 0 Å². The van der Waals surface area contributed by atoms with E-state index in [1.807, 2.05) is 12.1 Å². The van der Waals surface area contributed by atoms with Crippen LogP contribution in [0.15, 0.2) is 41.0 Å². The Morgan fingerprint density at radius 3 is 2.81 bits per heavy atom. The second kappa shape index (κ2) is 3.14. The maximum atomic E-state index is 5.71. The average molecular weight is 214 g/mol. The molecular formula is C14H14O2. The summed E-state index contributed by atoms with van der Waals surface area (Å²) in [6.45, 7) is 5.15. The molecule has 3 rings (SSSR count). The molecule has 1 aliphatic heterocycles. The topological polar surface area (TPSA) is 22.4 Å². The Morgan fingerprint density at radius 2 is 2.06 bits per heavy atom. The Labute approximate surface area is 94.9 Å². The molecule has 2 aromatic rings. The number of hydrogen-bond acceptors (Lipinski definition) is 2. The van der Waals surface area contributed by atoms with E-state index in [1.54, 1.807) is 6.26 Å². The van der Waals surface area contributed by atoms with Crippen molar-refractivity contribution in [2.45, 2.75) is 19.3 Å². The van der Waals surface area contributed by atoms with Gasteiger partial charge in [-0.05, 0) is 18.2 Å². The van der Waals surface area contributed by atoms with Crippen molar-refractivity contribution in [2.24, 2.45) is 0 Å². The van der Waals surface area contributed by atoms with E-state index in [1.165, 1.54) is 5.56 Å². The van der Waals surface area contributed by atoms with Gasteiger partial charge in [0.05, 0.1) is 12.9 Å². The second-order valence-corrected chi connectivity index (χ2v) is 4.86. The minimum absolute atomic E-state index is 0.122. The Bertz CT molecular complexity index is 510. The second-order valence-electron chi connectivity index (χ2n) is 4.86. The van der Waals surface area contributed by atoms with Crippen LogP contribution in [0.4, 0.5) is 0 Å². The quantitative estimate of drug-likeness (QED) is 0.723. The number of fused-ring (bicyclic) bond motifs is 1. The fraction of sp³-hybridized carbons (Fsp3) is 0.286. The molecule has 0 amide bonds. The first-order valence-corrected chi connectivity index (χ1v) is 5.48. The van der Waals surface area contributed by atoms with Crippen LogP contribution in [0.1, 0.15) is 19.4 Å². The molecule has 0 radical (unpaired) electrons. The van der Waals surface area contributed by atoms with Gasteiger partial charge < -0.3 is 9.15 Å². The zero-order valence-corrected chi connectivity index (χ0v) is 9.49. The van der Waals surface area contributed by atoms with E-state index in [0.717, 1.165) is 23.7 Å². The molecule has 0 saturated heterocycles. The largest absolute Gasteiger partial charge is 0.492 e. The molecule has 16 heavy (non-hydrogen) atoms. The van der Waals surface area contributed by atoms with Crippen LogP contribution in [-0.2, 0) is 5.41 Å². The van der Waals surface area contributed by atoms with Gasteiger partial charge in [0, 0.05) is 16.5 Å². The van der Waals surface area contributed by atoms with Crippen LogP contribution < -0.4 is 4.74 Å². The lowest BCUT2D eigenvalue weighted by molar-refractivity contribution is 0.291. The van der Waals surface area contributed by atoms with Crippen molar-refractivity contribution in [3.8, 4) is 17.1 Å². The van der Waals surface area contributed by atoms with Crippen LogP contribution in [0.5, 0.6) is 5.75 Å². The van der Waals surface area contributed by atoms with Gasteiger partial charge in [-0.3, -0.25) is 0 Å². The lowest BCUT2D eigenvalue weighted by atomic mass is 9.86. The van der Waals surface area contributed by atoms with Crippen LogP contribution in [0, 0.1) is 0 Å². The van der Waals surface area contributed by atoms with Crippen LogP contribution in [-0.4, -0.2) is 6.61 Å². The van der Waals surface area contributed by atoms with E-state index >= 15 is 0 Å². The molecule has 0 fully saturated rings. The fourth-order valence-electron chi connectivity index (χ4n) is 2.13. The molecule has 2 nitrogen and oxygen atoms in total. The highest BCUT2D eigenvalue weighted by Gasteiger charge is 2.31. The third-order valence-corrected chi connectivity index (χ3v) is 3.10. The predicted octanol–water partition coefficient (Wildman–Crippen LogP) is 3.62. The summed E-state index contributed by atoms with van der Waals surface area (Å²) in [5.74, 6) is 1.87. The fourth-order valence-corrected chi connectivity index (χ4v) is 2.13. The molecule has 0 spiro atoms. The van der Waals surface area contributed by atoms with E-state index in [9.17, 15) is 0 Å². The van der Waals surface area contributed by atoms with E-state index in [4.69, 9.17) is 9.15 Å². The molecule has 0 bridgehead atoms. The van der Waals surface area contributed by atoms with Gasteiger partial charge in [0.15, 0.2) is 0 Å². The molecule has 0 aliphatic carbocycles. The summed E-state index contributed by atoms with van der Waals surface area (Å²) in [6.07, 6.45) is 1.69. The van der Waals surface area contributed by atoms with Crippen LogP contribution in [0.2, 0.25) is 0 Å². The summed E-state index contributed by atoms with van der Waals surface area (Å²) in [7, 11) is 0. The molecule has 82 valence electrons. The molecule has 1 aromatic heterocycles. The summed E-state index contributed by atoms with van der Waals surface area (Å²) in [6, 6.07) is 10.1. The number of ether oxygens (including phenoxy) is 1. The molecule has 0 atom stereocenters. The Morgan fingerprint density at radius 1 is 1.19 bits per heavy atom. The van der Waals surface area contributed by atoms with Crippen molar-refractivity contribution in [2.75, 3.05) is 6.61 Å². The Hall–Kier alpha value is -1.70. The van der Waals surface area contributed by atoms with Crippen LogP contribution >= 0.6 is 0 Å². The van der Waals surface area contributed by atoms with Gasteiger partial charge in [-0.1, -0.05) is 26.0 Å². The van der Waals surface area contributed by atoms with E-state index in [-0.39, 0.29) is 5.41 Å². The van der Waals surface area contributed by atoms with Crippen molar-refractivity contribution in [1.82, 2.24) is 0 Å². The summed E-state index contributed by atoms with van der Waals surface area (Å²) in [5, 5.41) is 0. The highest BCUT2D eigenvalue weighted by molar-refractivity contribution is 5.62. The molecule has 0 unspecified atom stereocenters. The molecule has 2 heterocycles. The summed E-state index contributed by atoms with van der Waals surface area (Å²) >= 11 is 0. The summed E-state index contributed by atoms with van der Waals surface area (Å²) < 4.78 is 11.1. The third kappa shape index (κ3) is 1.33. The summed E-state index contributed by atoms with van der Waals surface area (Å²) in [5.41, 5.74) is 2.47. The molecular weight excluding hydrogens is 200 g/mol. The minimum Gasteiger partial charge on any atom is -0.492 e. The first-order valence-electron chi connectivity index (χ1n) is 5.48. The summed E-state index contributed by atoms with van der Waals surface area (Å²) in [4.78, 5) is 0. The zero-order chi connectivity index (χ0) is 11.2. The van der Waals surface area contributed by atoms with Gasteiger partial charge >= 0.3 is 0 Å². The van der Waals surface area contributed by atoms with Crippen molar-refractivity contribution < 1.29 is 9.15 Å². The first kappa shape index (κ1) is 9.52. The maximum absolute atomic E-state index is 5.71. The highest BCUT2D eigenvalue weighted by Crippen LogP contribution is 2.40. The number of hydrogen-bond donors (Lipinski definition) is 0. The monoisotopic (exact) mass is 214 g/mol. The first-order chi connectivity index (χ1) is 7.67. The number of benzene rings is 1. The molecule has 0 N–H and O–H groups in total. The Balaban J connectivity index is 2.08. The lowest BCUT2D eigenvalue weighted by Crippen LogP contribution is -2.18.